The summed E-state index contributed by atoms with van der Waals surface area (Å²) in [4.78, 5) is 25.5. The number of benzene rings is 1. The summed E-state index contributed by atoms with van der Waals surface area (Å²) < 4.78 is 0. The molecule has 2 rings (SSSR count). The lowest BCUT2D eigenvalue weighted by molar-refractivity contribution is -0.136. The molecule has 0 saturated heterocycles. The third-order valence-electron chi connectivity index (χ3n) is 3.92. The van der Waals surface area contributed by atoms with Crippen molar-refractivity contribution in [3.63, 3.8) is 0 Å². The van der Waals surface area contributed by atoms with Crippen molar-refractivity contribution in [3.05, 3.63) is 34.9 Å². The quantitative estimate of drug-likeness (QED) is 0.909. The molecule has 4 nitrogen and oxygen atoms in total. The summed E-state index contributed by atoms with van der Waals surface area (Å²) >= 11 is 6.05. The average molecular weight is 309 g/mol. The van der Waals surface area contributed by atoms with Gasteiger partial charge in [0.1, 0.15) is 0 Å². The Labute approximate surface area is 130 Å². The van der Waals surface area contributed by atoms with Crippen LogP contribution < -0.4 is 5.32 Å². The molecule has 1 N–H and O–H groups in total. The maximum absolute atomic E-state index is 12.1. The van der Waals surface area contributed by atoms with Gasteiger partial charge in [-0.25, -0.2) is 0 Å². The van der Waals surface area contributed by atoms with Gasteiger partial charge in [0.15, 0.2) is 0 Å². The molecule has 0 spiro atoms. The molecule has 1 aromatic carbocycles. The van der Waals surface area contributed by atoms with Crippen LogP contribution in [0.2, 0.25) is 5.02 Å². The summed E-state index contributed by atoms with van der Waals surface area (Å²) in [7, 11) is 0. The highest BCUT2D eigenvalue weighted by atomic mass is 35.5. The number of rotatable bonds is 5. The van der Waals surface area contributed by atoms with Crippen molar-refractivity contribution < 1.29 is 9.59 Å². The first-order valence-corrected chi connectivity index (χ1v) is 7.73. The average Bonchev–Trinajstić information content (AvgIpc) is 2.97. The van der Waals surface area contributed by atoms with E-state index in [1.54, 1.807) is 11.0 Å². The minimum Gasteiger partial charge on any atom is -0.350 e. The van der Waals surface area contributed by atoms with Crippen molar-refractivity contribution in [1.82, 2.24) is 10.2 Å². The van der Waals surface area contributed by atoms with Gasteiger partial charge >= 0.3 is 0 Å². The molecule has 0 aliphatic heterocycles. The van der Waals surface area contributed by atoms with Crippen LogP contribution in [0.4, 0.5) is 0 Å². The molecular formula is C16H21ClN2O2. The highest BCUT2D eigenvalue weighted by Gasteiger charge is 2.26. The van der Waals surface area contributed by atoms with Crippen LogP contribution in [0.25, 0.3) is 0 Å². The Morgan fingerprint density at radius 3 is 2.57 bits per heavy atom. The van der Waals surface area contributed by atoms with Gasteiger partial charge < -0.3 is 10.2 Å². The van der Waals surface area contributed by atoms with Crippen molar-refractivity contribution in [2.45, 2.75) is 45.2 Å². The van der Waals surface area contributed by atoms with Crippen molar-refractivity contribution >= 4 is 23.4 Å². The minimum absolute atomic E-state index is 0.0326. The topological polar surface area (TPSA) is 49.4 Å². The molecule has 1 saturated carbocycles. The Balaban J connectivity index is 1.87. The number of hydrogen-bond acceptors (Lipinski definition) is 2. The fourth-order valence-corrected chi connectivity index (χ4v) is 2.96. The first-order valence-electron chi connectivity index (χ1n) is 7.35. The van der Waals surface area contributed by atoms with Gasteiger partial charge in [0, 0.05) is 24.5 Å². The zero-order valence-corrected chi connectivity index (χ0v) is 13.0. The van der Waals surface area contributed by atoms with E-state index in [0.29, 0.717) is 11.6 Å². The molecule has 0 radical (unpaired) electrons. The van der Waals surface area contributed by atoms with E-state index in [-0.39, 0.29) is 24.4 Å². The summed E-state index contributed by atoms with van der Waals surface area (Å²) in [6, 6.07) is 7.62. The van der Waals surface area contributed by atoms with Crippen LogP contribution in [0.1, 0.15) is 38.2 Å². The van der Waals surface area contributed by atoms with Gasteiger partial charge in [0.05, 0.1) is 6.54 Å². The monoisotopic (exact) mass is 308 g/mol. The zero-order chi connectivity index (χ0) is 15.2. The first kappa shape index (κ1) is 15.8. The maximum atomic E-state index is 12.1. The first-order chi connectivity index (χ1) is 10.1. The van der Waals surface area contributed by atoms with Crippen LogP contribution in [-0.2, 0) is 16.1 Å². The Hall–Kier alpha value is -1.55. The number of halogens is 1. The number of nitrogens with one attached hydrogen (secondary N) is 1. The van der Waals surface area contributed by atoms with Crippen molar-refractivity contribution in [3.8, 4) is 0 Å². The maximum Gasteiger partial charge on any atom is 0.239 e. The summed E-state index contributed by atoms with van der Waals surface area (Å²) in [6.45, 7) is 2.04. The fraction of sp³-hybridized carbons (Fsp3) is 0.500. The zero-order valence-electron chi connectivity index (χ0n) is 12.3. The Bertz CT molecular complexity index is 513. The summed E-state index contributed by atoms with van der Waals surface area (Å²) in [5.41, 5.74) is 0.878. The third-order valence-corrected chi connectivity index (χ3v) is 4.29. The molecule has 0 bridgehead atoms. The second-order valence-corrected chi connectivity index (χ2v) is 5.86. The molecule has 2 amide bonds. The van der Waals surface area contributed by atoms with Crippen LogP contribution in [0.5, 0.6) is 0 Å². The molecule has 21 heavy (non-hydrogen) atoms. The van der Waals surface area contributed by atoms with Crippen LogP contribution in [0.3, 0.4) is 0 Å². The Morgan fingerprint density at radius 2 is 1.95 bits per heavy atom. The van der Waals surface area contributed by atoms with Gasteiger partial charge in [-0.15, -0.1) is 0 Å². The number of hydrogen-bond donors (Lipinski definition) is 1. The van der Waals surface area contributed by atoms with E-state index in [0.717, 1.165) is 31.2 Å². The predicted octanol–water partition coefficient (Wildman–Crippen LogP) is 2.75. The number of carbonyl (C=O) groups excluding carboxylic acids is 2. The Kier molecular flexibility index (Phi) is 5.62. The SMILES string of the molecule is CC(=O)N(CC(=O)NCc1ccccc1Cl)C1CCCC1. The van der Waals surface area contributed by atoms with E-state index in [1.165, 1.54) is 6.92 Å². The van der Waals surface area contributed by atoms with E-state index in [4.69, 9.17) is 11.6 Å². The van der Waals surface area contributed by atoms with E-state index in [2.05, 4.69) is 5.32 Å². The lowest BCUT2D eigenvalue weighted by atomic mass is 10.2. The predicted molar refractivity (Wildman–Crippen MR) is 82.9 cm³/mol. The molecule has 1 aliphatic carbocycles. The standard InChI is InChI=1S/C16H21ClN2O2/c1-12(20)19(14-7-3-4-8-14)11-16(21)18-10-13-6-2-5-9-15(13)17/h2,5-6,9,14H,3-4,7-8,10-11H2,1H3,(H,18,21). The van der Waals surface area contributed by atoms with Gasteiger partial charge in [-0.05, 0) is 24.5 Å². The second kappa shape index (κ2) is 7.46. The van der Waals surface area contributed by atoms with E-state index in [9.17, 15) is 9.59 Å². The molecule has 1 aliphatic rings. The van der Waals surface area contributed by atoms with Crippen LogP contribution in [0, 0.1) is 0 Å². The molecule has 0 atom stereocenters. The van der Waals surface area contributed by atoms with Gasteiger partial charge in [-0.2, -0.15) is 0 Å². The van der Waals surface area contributed by atoms with Crippen molar-refractivity contribution in [1.29, 1.82) is 0 Å². The molecule has 114 valence electrons. The molecule has 1 aromatic rings. The lowest BCUT2D eigenvalue weighted by Gasteiger charge is -2.27. The van der Waals surface area contributed by atoms with Crippen LogP contribution in [0.15, 0.2) is 24.3 Å². The highest BCUT2D eigenvalue weighted by Crippen LogP contribution is 2.23. The fourth-order valence-electron chi connectivity index (χ4n) is 2.76. The van der Waals surface area contributed by atoms with E-state index < -0.39 is 0 Å². The van der Waals surface area contributed by atoms with Gasteiger partial charge in [0.2, 0.25) is 11.8 Å². The van der Waals surface area contributed by atoms with Gasteiger partial charge in [0.25, 0.3) is 0 Å². The molecular weight excluding hydrogens is 288 g/mol. The molecule has 5 heteroatoms. The normalized spacial score (nSPS) is 15.0. The highest BCUT2D eigenvalue weighted by molar-refractivity contribution is 6.31. The summed E-state index contributed by atoms with van der Waals surface area (Å²) in [5, 5.41) is 3.47. The largest absolute Gasteiger partial charge is 0.350 e. The molecule has 1 fully saturated rings. The van der Waals surface area contributed by atoms with E-state index >= 15 is 0 Å². The van der Waals surface area contributed by atoms with Gasteiger partial charge in [-0.1, -0.05) is 42.6 Å². The molecule has 0 unspecified atom stereocenters. The van der Waals surface area contributed by atoms with Crippen LogP contribution in [-0.4, -0.2) is 29.3 Å². The number of nitrogens with zero attached hydrogens (tertiary/aromatic N) is 1. The number of amides is 2. The summed E-state index contributed by atoms with van der Waals surface area (Å²) in [5.74, 6) is -0.174. The third kappa shape index (κ3) is 4.46. The smallest absolute Gasteiger partial charge is 0.239 e. The van der Waals surface area contributed by atoms with Crippen LogP contribution >= 0.6 is 11.6 Å². The number of carbonyl (C=O) groups is 2. The summed E-state index contributed by atoms with van der Waals surface area (Å²) in [6.07, 6.45) is 4.26. The van der Waals surface area contributed by atoms with Gasteiger partial charge in [-0.3, -0.25) is 9.59 Å². The Morgan fingerprint density at radius 1 is 1.29 bits per heavy atom. The van der Waals surface area contributed by atoms with E-state index in [1.807, 2.05) is 18.2 Å². The molecule has 0 aromatic heterocycles. The lowest BCUT2D eigenvalue weighted by Crippen LogP contribution is -2.44. The van der Waals surface area contributed by atoms with Crippen molar-refractivity contribution in [2.24, 2.45) is 0 Å². The second-order valence-electron chi connectivity index (χ2n) is 5.45. The van der Waals surface area contributed by atoms with Crippen molar-refractivity contribution in [2.75, 3.05) is 6.54 Å². The molecule has 0 heterocycles. The minimum atomic E-state index is -0.142.